The van der Waals surface area contributed by atoms with Gasteiger partial charge in [0, 0.05) is 11.1 Å². The van der Waals surface area contributed by atoms with Crippen molar-refractivity contribution in [2.24, 2.45) is 0 Å². The number of fused-ring (bicyclic) bond motifs is 1. The van der Waals surface area contributed by atoms with Crippen LogP contribution in [0.1, 0.15) is 30.5 Å². The Hall–Kier alpha value is -0.530. The number of hydrogen-bond donors (Lipinski definition) is 1. The van der Waals surface area contributed by atoms with Crippen LogP contribution in [0.4, 0.5) is 0 Å². The quantitative estimate of drug-likeness (QED) is 0.727. The minimum absolute atomic E-state index is 0.502. The topological polar surface area (TPSA) is 12.0 Å². The molecule has 0 aromatic heterocycles. The Morgan fingerprint density at radius 3 is 3.15 bits per heavy atom. The molecule has 0 radical (unpaired) electrons. The van der Waals surface area contributed by atoms with Crippen LogP contribution in [0.5, 0.6) is 0 Å². The molecule has 2 rings (SSSR count). The molecule has 0 fully saturated rings. The molecule has 0 aliphatic carbocycles. The fourth-order valence-corrected chi connectivity index (χ4v) is 2.29. The first-order valence-electron chi connectivity index (χ1n) is 4.83. The van der Waals surface area contributed by atoms with E-state index in [0.29, 0.717) is 6.04 Å². The molecule has 70 valence electrons. The van der Waals surface area contributed by atoms with E-state index in [1.165, 1.54) is 11.1 Å². The van der Waals surface area contributed by atoms with Gasteiger partial charge >= 0.3 is 0 Å². The van der Waals surface area contributed by atoms with Crippen LogP contribution in [0.25, 0.3) is 0 Å². The maximum absolute atomic E-state index is 6.14. The summed E-state index contributed by atoms with van der Waals surface area (Å²) in [4.78, 5) is 0. The van der Waals surface area contributed by atoms with E-state index in [-0.39, 0.29) is 0 Å². The van der Waals surface area contributed by atoms with Gasteiger partial charge < -0.3 is 5.32 Å². The Morgan fingerprint density at radius 2 is 2.38 bits per heavy atom. The highest BCUT2D eigenvalue weighted by atomic mass is 35.5. The fraction of sp³-hybridized carbons (Fsp3) is 0.455. The summed E-state index contributed by atoms with van der Waals surface area (Å²) in [6.45, 7) is 3.25. The summed E-state index contributed by atoms with van der Waals surface area (Å²) in [5, 5.41) is 4.42. The second kappa shape index (κ2) is 3.69. The van der Waals surface area contributed by atoms with Crippen LogP contribution in [0, 0.1) is 0 Å². The first-order valence-corrected chi connectivity index (χ1v) is 5.21. The lowest BCUT2D eigenvalue weighted by molar-refractivity contribution is 0.493. The van der Waals surface area contributed by atoms with Crippen molar-refractivity contribution in [3.63, 3.8) is 0 Å². The van der Waals surface area contributed by atoms with Crippen molar-refractivity contribution in [1.82, 2.24) is 5.32 Å². The molecule has 1 aromatic rings. The van der Waals surface area contributed by atoms with E-state index in [0.717, 1.165) is 24.4 Å². The Balaban J connectivity index is 2.45. The average molecular weight is 196 g/mol. The van der Waals surface area contributed by atoms with E-state index >= 15 is 0 Å². The van der Waals surface area contributed by atoms with Gasteiger partial charge in [0.1, 0.15) is 0 Å². The van der Waals surface area contributed by atoms with Crippen molar-refractivity contribution >= 4 is 11.6 Å². The summed E-state index contributed by atoms with van der Waals surface area (Å²) >= 11 is 6.14. The Labute approximate surface area is 84.1 Å². The SMILES string of the molecule is CCC1NCCc2c(Cl)cccc21. The molecule has 0 saturated carbocycles. The molecule has 0 spiro atoms. The molecule has 0 amide bonds. The molecule has 1 aliphatic rings. The predicted molar refractivity (Wildman–Crippen MR) is 56.2 cm³/mol. The van der Waals surface area contributed by atoms with Gasteiger partial charge in [-0.25, -0.2) is 0 Å². The third-order valence-corrected chi connectivity index (χ3v) is 3.06. The van der Waals surface area contributed by atoms with Gasteiger partial charge in [-0.3, -0.25) is 0 Å². The summed E-state index contributed by atoms with van der Waals surface area (Å²) in [5.74, 6) is 0. The van der Waals surface area contributed by atoms with Crippen LogP contribution in [0.3, 0.4) is 0 Å². The smallest absolute Gasteiger partial charge is 0.0441 e. The van der Waals surface area contributed by atoms with Crippen molar-refractivity contribution < 1.29 is 0 Å². The van der Waals surface area contributed by atoms with Gasteiger partial charge in [0.25, 0.3) is 0 Å². The zero-order valence-corrected chi connectivity index (χ0v) is 8.56. The monoisotopic (exact) mass is 195 g/mol. The second-order valence-electron chi connectivity index (χ2n) is 3.47. The van der Waals surface area contributed by atoms with Crippen LogP contribution in [-0.2, 0) is 6.42 Å². The first-order chi connectivity index (χ1) is 6.33. The number of nitrogens with one attached hydrogen (secondary N) is 1. The lowest BCUT2D eigenvalue weighted by Crippen LogP contribution is -2.29. The summed E-state index contributed by atoms with van der Waals surface area (Å²) < 4.78 is 0. The molecule has 1 atom stereocenters. The zero-order valence-electron chi connectivity index (χ0n) is 7.81. The molecule has 1 aliphatic heterocycles. The molecule has 13 heavy (non-hydrogen) atoms. The molecule has 1 nitrogen and oxygen atoms in total. The van der Waals surface area contributed by atoms with Crippen LogP contribution in [-0.4, -0.2) is 6.54 Å². The Kier molecular flexibility index (Phi) is 2.56. The van der Waals surface area contributed by atoms with E-state index < -0.39 is 0 Å². The molecule has 0 bridgehead atoms. The highest BCUT2D eigenvalue weighted by molar-refractivity contribution is 6.31. The summed E-state index contributed by atoms with van der Waals surface area (Å²) in [6, 6.07) is 6.71. The highest BCUT2D eigenvalue weighted by Crippen LogP contribution is 2.29. The van der Waals surface area contributed by atoms with Gasteiger partial charge in [-0.15, -0.1) is 0 Å². The van der Waals surface area contributed by atoms with E-state index in [9.17, 15) is 0 Å². The van der Waals surface area contributed by atoms with Gasteiger partial charge in [-0.1, -0.05) is 30.7 Å². The van der Waals surface area contributed by atoms with Crippen molar-refractivity contribution in [2.75, 3.05) is 6.54 Å². The normalized spacial score (nSPS) is 21.2. The summed E-state index contributed by atoms with van der Waals surface area (Å²) in [7, 11) is 0. The van der Waals surface area contributed by atoms with Crippen molar-refractivity contribution in [1.29, 1.82) is 0 Å². The third kappa shape index (κ3) is 1.59. The molecule has 1 heterocycles. The average Bonchev–Trinajstić information content (AvgIpc) is 2.18. The molecule has 1 unspecified atom stereocenters. The van der Waals surface area contributed by atoms with Gasteiger partial charge in [0.05, 0.1) is 0 Å². The minimum atomic E-state index is 0.502. The molecule has 1 aromatic carbocycles. The Morgan fingerprint density at radius 1 is 1.54 bits per heavy atom. The van der Waals surface area contributed by atoms with Gasteiger partial charge in [0.15, 0.2) is 0 Å². The van der Waals surface area contributed by atoms with E-state index in [4.69, 9.17) is 11.6 Å². The van der Waals surface area contributed by atoms with E-state index in [2.05, 4.69) is 18.3 Å². The molecule has 2 heteroatoms. The Bertz CT molecular complexity index is 309. The third-order valence-electron chi connectivity index (χ3n) is 2.70. The highest BCUT2D eigenvalue weighted by Gasteiger charge is 2.19. The zero-order chi connectivity index (χ0) is 9.26. The minimum Gasteiger partial charge on any atom is -0.310 e. The number of benzene rings is 1. The summed E-state index contributed by atoms with van der Waals surface area (Å²) in [5.41, 5.74) is 2.73. The molecule has 0 saturated heterocycles. The van der Waals surface area contributed by atoms with E-state index in [1.807, 2.05) is 12.1 Å². The van der Waals surface area contributed by atoms with Gasteiger partial charge in [0.2, 0.25) is 0 Å². The van der Waals surface area contributed by atoms with Crippen molar-refractivity contribution in [3.05, 3.63) is 34.3 Å². The maximum atomic E-state index is 6.14. The number of rotatable bonds is 1. The molecular weight excluding hydrogens is 182 g/mol. The van der Waals surface area contributed by atoms with Crippen LogP contribution in [0.2, 0.25) is 5.02 Å². The van der Waals surface area contributed by atoms with Gasteiger partial charge in [-0.2, -0.15) is 0 Å². The molecular formula is C11H14ClN. The van der Waals surface area contributed by atoms with Gasteiger partial charge in [-0.05, 0) is 36.6 Å². The van der Waals surface area contributed by atoms with Crippen molar-refractivity contribution in [2.45, 2.75) is 25.8 Å². The maximum Gasteiger partial charge on any atom is 0.0441 e. The van der Waals surface area contributed by atoms with Crippen LogP contribution in [0.15, 0.2) is 18.2 Å². The number of hydrogen-bond acceptors (Lipinski definition) is 1. The first kappa shape index (κ1) is 9.04. The lowest BCUT2D eigenvalue weighted by atomic mass is 9.93. The van der Waals surface area contributed by atoms with E-state index in [1.54, 1.807) is 0 Å². The fourth-order valence-electron chi connectivity index (χ4n) is 2.01. The standard InChI is InChI=1S/C11H14ClN/c1-2-11-9-4-3-5-10(12)8(9)6-7-13-11/h3-5,11,13H,2,6-7H2,1H3. The molecule has 1 N–H and O–H groups in total. The predicted octanol–water partition coefficient (Wildman–Crippen LogP) is 2.94. The van der Waals surface area contributed by atoms with Crippen LogP contribution < -0.4 is 5.32 Å². The van der Waals surface area contributed by atoms with Crippen molar-refractivity contribution in [3.8, 4) is 0 Å². The largest absolute Gasteiger partial charge is 0.310 e. The van der Waals surface area contributed by atoms with Crippen LogP contribution >= 0.6 is 11.6 Å². The second-order valence-corrected chi connectivity index (χ2v) is 3.88. The lowest BCUT2D eigenvalue weighted by Gasteiger charge is -2.26. The number of halogens is 1. The summed E-state index contributed by atoms with van der Waals surface area (Å²) in [6.07, 6.45) is 2.19.